The molecule has 6 atom stereocenters. The molecule has 0 aliphatic carbocycles. The van der Waals surface area contributed by atoms with Gasteiger partial charge in [-0.3, -0.25) is 4.79 Å². The average molecular weight is 566 g/mol. The lowest BCUT2D eigenvalue weighted by Gasteiger charge is -2.26. The van der Waals surface area contributed by atoms with Crippen LogP contribution in [0, 0.1) is 34.2 Å². The van der Waals surface area contributed by atoms with Gasteiger partial charge in [-0.1, -0.05) is 48.0 Å². The van der Waals surface area contributed by atoms with Crippen LogP contribution in [0.5, 0.6) is 0 Å². The number of fused-ring (bicyclic) bond motifs is 1. The fourth-order valence-electron chi connectivity index (χ4n) is 5.74. The van der Waals surface area contributed by atoms with Crippen molar-refractivity contribution in [3.05, 3.63) is 0 Å². The number of nitrogens with one attached hydrogen (secondary N) is 1. The van der Waals surface area contributed by atoms with Gasteiger partial charge in [0.15, 0.2) is 12.2 Å². The monoisotopic (exact) mass is 565 g/mol. The molecule has 11 heteroatoms. The van der Waals surface area contributed by atoms with E-state index >= 15 is 0 Å². The highest BCUT2D eigenvalue weighted by Crippen LogP contribution is 2.32. The summed E-state index contributed by atoms with van der Waals surface area (Å²) in [5, 5.41) is 11.4. The molecule has 2 unspecified atom stereocenters. The maximum atomic E-state index is 12.5. The zero-order valence-electron chi connectivity index (χ0n) is 24.9. The lowest BCUT2D eigenvalue weighted by Crippen LogP contribution is -2.38. The molecule has 226 valence electrons. The molecule has 2 aliphatic rings. The van der Waals surface area contributed by atoms with E-state index in [-0.39, 0.29) is 30.0 Å². The Labute approximate surface area is 238 Å². The van der Waals surface area contributed by atoms with Crippen LogP contribution in [-0.2, 0) is 33.3 Å². The number of hydrogen-bond acceptors (Lipinski definition) is 10. The number of esters is 1. The van der Waals surface area contributed by atoms with Crippen LogP contribution in [0.25, 0.3) is 0 Å². The molecule has 1 N–H and O–H groups in total. The van der Waals surface area contributed by atoms with Gasteiger partial charge in [0.25, 0.3) is 6.26 Å². The van der Waals surface area contributed by atoms with E-state index in [0.29, 0.717) is 44.4 Å². The third kappa shape index (κ3) is 11.8. The third-order valence-corrected chi connectivity index (χ3v) is 7.39. The van der Waals surface area contributed by atoms with Gasteiger partial charge in [0.05, 0.1) is 19.8 Å². The van der Waals surface area contributed by atoms with E-state index in [1.54, 1.807) is 12.3 Å². The standard InChI is InChI=1S/C29H47N3O8/c1-20(12-28(3,4)16-31-19-33)8-7-9-24(34)39-22-14-37-26-23(15-38-25(22)26)40-27(35)32-11-10-21(2)13-29(5,6)17-36-18-30/h20-23,25-26H,7-17H2,1-6H3,(H,32,35)/t20?,21?,22-,23+,25+,26+/m0/s1. The number of nitriles is 1. The predicted octanol–water partition coefficient (Wildman–Crippen LogP) is 4.29. The molecule has 0 radical (unpaired) electrons. The van der Waals surface area contributed by atoms with E-state index in [1.165, 1.54) is 0 Å². The first kappa shape index (κ1) is 33.5. The van der Waals surface area contributed by atoms with Gasteiger partial charge in [-0.2, -0.15) is 5.26 Å². The zero-order valence-corrected chi connectivity index (χ0v) is 24.9. The molecule has 2 fully saturated rings. The zero-order chi connectivity index (χ0) is 29.8. The van der Waals surface area contributed by atoms with Crippen LogP contribution in [0.4, 0.5) is 4.79 Å². The fraction of sp³-hybridized carbons (Fsp3) is 0.862. The number of amides is 1. The second-order valence-electron chi connectivity index (χ2n) is 12.9. The van der Waals surface area contributed by atoms with Crippen molar-refractivity contribution in [1.29, 1.82) is 5.26 Å². The number of hydrogen-bond donors (Lipinski definition) is 1. The first-order valence-electron chi connectivity index (χ1n) is 14.3. The molecule has 1 amide bonds. The first-order valence-corrected chi connectivity index (χ1v) is 14.3. The topological polar surface area (TPSA) is 146 Å². The summed E-state index contributed by atoms with van der Waals surface area (Å²) in [7, 11) is 0. The lowest BCUT2D eigenvalue weighted by molar-refractivity contribution is -0.154. The summed E-state index contributed by atoms with van der Waals surface area (Å²) in [6.45, 7) is 14.1. The van der Waals surface area contributed by atoms with Crippen LogP contribution >= 0.6 is 0 Å². The van der Waals surface area contributed by atoms with E-state index in [2.05, 4.69) is 38.0 Å². The number of isocyanates is 1. The largest absolute Gasteiger partial charge is 0.457 e. The van der Waals surface area contributed by atoms with Gasteiger partial charge >= 0.3 is 12.1 Å². The normalized spacial score (nSPS) is 23.7. The van der Waals surface area contributed by atoms with Crippen molar-refractivity contribution in [2.24, 2.45) is 27.7 Å². The number of ether oxygens (including phenoxy) is 5. The van der Waals surface area contributed by atoms with Crippen molar-refractivity contribution in [3.63, 3.8) is 0 Å². The maximum absolute atomic E-state index is 12.5. The SMILES string of the molecule is CC(CCCC(=O)O[C@H]1CO[C@H]2[C@@H]1OC[C@H]2OC(=O)NCCC(C)CC(C)(C)COC#N)CC(C)(C)CN=C=O. The quantitative estimate of drug-likeness (QED) is 0.118. The van der Waals surface area contributed by atoms with Crippen LogP contribution in [-0.4, -0.2) is 75.5 Å². The Morgan fingerprint density at radius 3 is 2.23 bits per heavy atom. The first-order chi connectivity index (χ1) is 18.9. The highest BCUT2D eigenvalue weighted by molar-refractivity contribution is 5.69. The van der Waals surface area contributed by atoms with Gasteiger partial charge in [0.1, 0.15) is 18.8 Å². The van der Waals surface area contributed by atoms with Gasteiger partial charge in [-0.05, 0) is 42.9 Å². The van der Waals surface area contributed by atoms with E-state index in [4.69, 9.17) is 28.9 Å². The number of carbonyl (C=O) groups excluding carboxylic acids is 3. The number of carbonyl (C=O) groups is 2. The Bertz CT molecular complexity index is 911. The van der Waals surface area contributed by atoms with Crippen LogP contribution in [0.15, 0.2) is 4.99 Å². The molecule has 40 heavy (non-hydrogen) atoms. The Balaban J connectivity index is 1.65. The molecule has 2 saturated heterocycles. The summed E-state index contributed by atoms with van der Waals surface area (Å²) in [5.41, 5.74) is -0.220. The summed E-state index contributed by atoms with van der Waals surface area (Å²) in [4.78, 5) is 38.9. The summed E-state index contributed by atoms with van der Waals surface area (Å²) < 4.78 is 27.6. The minimum Gasteiger partial charge on any atom is -0.457 e. The fourth-order valence-corrected chi connectivity index (χ4v) is 5.74. The smallest absolute Gasteiger partial charge is 0.407 e. The van der Waals surface area contributed by atoms with Gasteiger partial charge < -0.3 is 29.0 Å². The van der Waals surface area contributed by atoms with Gasteiger partial charge in [0.2, 0.25) is 6.08 Å². The summed E-state index contributed by atoms with van der Waals surface area (Å²) in [5.74, 6) is 0.405. The van der Waals surface area contributed by atoms with Crippen molar-refractivity contribution in [1.82, 2.24) is 5.32 Å². The Kier molecular flexibility index (Phi) is 13.4. The Morgan fingerprint density at radius 1 is 1.00 bits per heavy atom. The molecule has 11 nitrogen and oxygen atoms in total. The van der Waals surface area contributed by atoms with Crippen molar-refractivity contribution in [2.75, 3.05) is 32.9 Å². The van der Waals surface area contributed by atoms with Crippen LogP contribution in [0.2, 0.25) is 0 Å². The van der Waals surface area contributed by atoms with Crippen LogP contribution < -0.4 is 5.32 Å². The highest BCUT2D eigenvalue weighted by Gasteiger charge is 2.51. The summed E-state index contributed by atoms with van der Waals surface area (Å²) >= 11 is 0. The molecule has 0 spiro atoms. The number of aliphatic imine (C=N–C) groups is 1. The van der Waals surface area contributed by atoms with Gasteiger partial charge in [-0.15, -0.1) is 0 Å². The molecule has 2 rings (SSSR count). The van der Waals surface area contributed by atoms with E-state index < -0.39 is 30.5 Å². The minimum atomic E-state index is -0.569. The highest BCUT2D eigenvalue weighted by atomic mass is 16.7. The second kappa shape index (κ2) is 15.9. The Morgan fingerprint density at radius 2 is 1.60 bits per heavy atom. The molecular weight excluding hydrogens is 518 g/mol. The molecule has 0 bridgehead atoms. The van der Waals surface area contributed by atoms with E-state index in [9.17, 15) is 14.4 Å². The molecule has 0 aromatic rings. The molecule has 2 heterocycles. The van der Waals surface area contributed by atoms with Gasteiger partial charge in [-0.25, -0.2) is 14.6 Å². The van der Waals surface area contributed by atoms with Gasteiger partial charge in [0, 0.05) is 18.4 Å². The predicted molar refractivity (Wildman–Crippen MR) is 146 cm³/mol. The molecule has 0 aromatic carbocycles. The molecule has 0 saturated carbocycles. The van der Waals surface area contributed by atoms with Crippen molar-refractivity contribution >= 4 is 18.1 Å². The van der Waals surface area contributed by atoms with E-state index in [1.807, 2.05) is 13.8 Å². The Hall–Kier alpha value is -2.67. The van der Waals surface area contributed by atoms with Crippen molar-refractivity contribution in [2.45, 2.75) is 104 Å². The number of alkyl carbamates (subject to hydrolysis) is 1. The molecular formula is C29H47N3O8. The van der Waals surface area contributed by atoms with Crippen molar-refractivity contribution < 1.29 is 38.1 Å². The summed E-state index contributed by atoms with van der Waals surface area (Å²) in [6, 6.07) is 0. The van der Waals surface area contributed by atoms with Crippen molar-refractivity contribution in [3.8, 4) is 6.26 Å². The minimum absolute atomic E-state index is 0.0900. The number of nitrogens with zero attached hydrogens (tertiary/aromatic N) is 2. The molecule has 2 aliphatic heterocycles. The average Bonchev–Trinajstić information content (AvgIpc) is 3.44. The summed E-state index contributed by atoms with van der Waals surface area (Å²) in [6.07, 6.45) is 5.12. The maximum Gasteiger partial charge on any atom is 0.407 e. The third-order valence-electron chi connectivity index (χ3n) is 7.39. The molecule has 0 aromatic heterocycles. The van der Waals surface area contributed by atoms with Crippen LogP contribution in [0.3, 0.4) is 0 Å². The number of rotatable bonds is 17. The van der Waals surface area contributed by atoms with E-state index in [0.717, 1.165) is 25.7 Å². The lowest BCUT2D eigenvalue weighted by atomic mass is 9.82. The second-order valence-corrected chi connectivity index (χ2v) is 12.9. The van der Waals surface area contributed by atoms with Crippen LogP contribution in [0.1, 0.15) is 80.1 Å².